The molecule has 0 aromatic rings. The third-order valence-electron chi connectivity index (χ3n) is 3.15. The Morgan fingerprint density at radius 1 is 1.15 bits per heavy atom. The van der Waals surface area contributed by atoms with Crippen LogP contribution in [0.1, 0.15) is 60.3 Å². The predicted molar refractivity (Wildman–Crippen MR) is 88.7 cm³/mol. The Hall–Kier alpha value is -1.31. The third kappa shape index (κ3) is 9.60. The molecular weight excluding hydrogens is 246 g/mol. The summed E-state index contributed by atoms with van der Waals surface area (Å²) in [5.41, 5.74) is 2.72. The number of allylic oxidation sites excluding steroid dienone is 4. The van der Waals surface area contributed by atoms with E-state index in [9.17, 15) is 4.79 Å². The molecule has 0 aromatic carbocycles. The number of nitrogens with zero attached hydrogens (tertiary/aromatic N) is 1. The Kier molecular flexibility index (Phi) is 10.8. The Labute approximate surface area is 125 Å². The standard InChI is InChI=1S/C18H31NO/c1-6-8-14-19(18(20)10-7-2)15-13-17(5)12-9-11-16(3)4/h7,10-11,13H,6,8-9,12,14-15H2,1-5H3. The fourth-order valence-electron chi connectivity index (χ4n) is 1.85. The molecule has 0 rings (SSSR count). The Balaban J connectivity index is 4.41. The number of carbonyl (C=O) groups is 1. The lowest BCUT2D eigenvalue weighted by atomic mass is 10.1. The Bertz CT molecular complexity index is 360. The topological polar surface area (TPSA) is 20.3 Å². The zero-order chi connectivity index (χ0) is 15.4. The molecule has 0 fully saturated rings. The number of hydrogen-bond acceptors (Lipinski definition) is 1. The molecule has 0 aliphatic heterocycles. The number of rotatable bonds is 9. The summed E-state index contributed by atoms with van der Waals surface area (Å²) in [6.45, 7) is 12.0. The molecule has 0 unspecified atom stereocenters. The van der Waals surface area contributed by atoms with Crippen molar-refractivity contribution in [2.75, 3.05) is 13.1 Å². The Morgan fingerprint density at radius 3 is 2.40 bits per heavy atom. The van der Waals surface area contributed by atoms with Gasteiger partial charge in [0.2, 0.25) is 5.91 Å². The molecule has 1 amide bonds. The number of amides is 1. The molecule has 0 heterocycles. The largest absolute Gasteiger partial charge is 0.335 e. The first kappa shape index (κ1) is 18.7. The molecule has 114 valence electrons. The second kappa shape index (κ2) is 11.5. The number of unbranched alkanes of at least 4 members (excludes halogenated alkanes) is 1. The molecule has 0 radical (unpaired) electrons. The Morgan fingerprint density at radius 2 is 1.85 bits per heavy atom. The van der Waals surface area contributed by atoms with Crippen LogP contribution in [0.15, 0.2) is 35.5 Å². The summed E-state index contributed by atoms with van der Waals surface area (Å²) in [4.78, 5) is 13.9. The first-order chi connectivity index (χ1) is 9.51. The van der Waals surface area contributed by atoms with Gasteiger partial charge in [0.15, 0.2) is 0 Å². The van der Waals surface area contributed by atoms with E-state index in [1.807, 2.05) is 17.9 Å². The first-order valence-corrected chi connectivity index (χ1v) is 7.71. The quantitative estimate of drug-likeness (QED) is 0.434. The van der Waals surface area contributed by atoms with Crippen LogP contribution in [-0.2, 0) is 4.79 Å². The van der Waals surface area contributed by atoms with E-state index in [0.29, 0.717) is 0 Å². The van der Waals surface area contributed by atoms with Gasteiger partial charge in [-0.15, -0.1) is 0 Å². The summed E-state index contributed by atoms with van der Waals surface area (Å²) in [5, 5.41) is 0. The molecule has 0 bridgehead atoms. The molecular formula is C18H31NO. The van der Waals surface area contributed by atoms with Gasteiger partial charge in [-0.25, -0.2) is 0 Å². The second-order valence-corrected chi connectivity index (χ2v) is 5.51. The van der Waals surface area contributed by atoms with Crippen LogP contribution in [0.3, 0.4) is 0 Å². The normalized spacial score (nSPS) is 11.8. The van der Waals surface area contributed by atoms with E-state index in [0.717, 1.165) is 38.8 Å². The van der Waals surface area contributed by atoms with Crippen molar-refractivity contribution >= 4 is 5.91 Å². The molecule has 0 saturated carbocycles. The zero-order valence-electron chi connectivity index (χ0n) is 13.9. The van der Waals surface area contributed by atoms with Gasteiger partial charge < -0.3 is 4.90 Å². The van der Waals surface area contributed by atoms with Gasteiger partial charge in [0, 0.05) is 13.1 Å². The molecule has 0 atom stereocenters. The van der Waals surface area contributed by atoms with Crippen molar-refractivity contribution in [2.45, 2.75) is 60.3 Å². The van der Waals surface area contributed by atoms with Crippen LogP contribution in [0.5, 0.6) is 0 Å². The summed E-state index contributed by atoms with van der Waals surface area (Å²) in [6.07, 6.45) is 12.3. The summed E-state index contributed by atoms with van der Waals surface area (Å²) in [6, 6.07) is 0. The summed E-state index contributed by atoms with van der Waals surface area (Å²) < 4.78 is 0. The number of carbonyl (C=O) groups excluding carboxylic acids is 1. The lowest BCUT2D eigenvalue weighted by molar-refractivity contribution is -0.125. The molecule has 0 aliphatic carbocycles. The van der Waals surface area contributed by atoms with Crippen molar-refractivity contribution < 1.29 is 4.79 Å². The van der Waals surface area contributed by atoms with Crippen molar-refractivity contribution in [3.8, 4) is 0 Å². The minimum absolute atomic E-state index is 0.120. The highest BCUT2D eigenvalue weighted by atomic mass is 16.2. The van der Waals surface area contributed by atoms with Gasteiger partial charge in [0.25, 0.3) is 0 Å². The molecule has 0 aliphatic rings. The minimum atomic E-state index is 0.120. The van der Waals surface area contributed by atoms with Gasteiger partial charge in [0.1, 0.15) is 0 Å². The first-order valence-electron chi connectivity index (χ1n) is 7.71. The second-order valence-electron chi connectivity index (χ2n) is 5.51. The van der Waals surface area contributed by atoms with E-state index in [1.165, 1.54) is 11.1 Å². The van der Waals surface area contributed by atoms with Crippen LogP contribution in [0, 0.1) is 0 Å². The maximum Gasteiger partial charge on any atom is 0.246 e. The molecule has 0 N–H and O–H groups in total. The van der Waals surface area contributed by atoms with Gasteiger partial charge in [-0.05, 0) is 53.0 Å². The van der Waals surface area contributed by atoms with Gasteiger partial charge >= 0.3 is 0 Å². The van der Waals surface area contributed by atoms with Crippen molar-refractivity contribution in [2.24, 2.45) is 0 Å². The smallest absolute Gasteiger partial charge is 0.246 e. The van der Waals surface area contributed by atoms with Crippen LogP contribution in [0.25, 0.3) is 0 Å². The lowest BCUT2D eigenvalue weighted by Crippen LogP contribution is -2.30. The van der Waals surface area contributed by atoms with E-state index in [1.54, 1.807) is 6.08 Å². The molecule has 0 aromatic heterocycles. The van der Waals surface area contributed by atoms with Crippen molar-refractivity contribution in [1.29, 1.82) is 0 Å². The average Bonchev–Trinajstić information content (AvgIpc) is 2.38. The summed E-state index contributed by atoms with van der Waals surface area (Å²) in [7, 11) is 0. The predicted octanol–water partition coefficient (Wildman–Crippen LogP) is 4.88. The fraction of sp³-hybridized carbons (Fsp3) is 0.611. The van der Waals surface area contributed by atoms with Crippen molar-refractivity contribution in [3.63, 3.8) is 0 Å². The summed E-state index contributed by atoms with van der Waals surface area (Å²) in [5.74, 6) is 0.120. The minimum Gasteiger partial charge on any atom is -0.335 e. The zero-order valence-corrected chi connectivity index (χ0v) is 13.9. The van der Waals surface area contributed by atoms with Gasteiger partial charge in [-0.2, -0.15) is 0 Å². The van der Waals surface area contributed by atoms with E-state index in [-0.39, 0.29) is 5.91 Å². The molecule has 20 heavy (non-hydrogen) atoms. The molecule has 0 spiro atoms. The summed E-state index contributed by atoms with van der Waals surface area (Å²) >= 11 is 0. The average molecular weight is 277 g/mol. The van der Waals surface area contributed by atoms with Crippen LogP contribution < -0.4 is 0 Å². The highest BCUT2D eigenvalue weighted by Gasteiger charge is 2.07. The van der Waals surface area contributed by atoms with E-state index >= 15 is 0 Å². The maximum atomic E-state index is 12.0. The van der Waals surface area contributed by atoms with Gasteiger partial charge in [-0.1, -0.05) is 42.7 Å². The third-order valence-corrected chi connectivity index (χ3v) is 3.15. The van der Waals surface area contributed by atoms with E-state index in [4.69, 9.17) is 0 Å². The van der Waals surface area contributed by atoms with E-state index < -0.39 is 0 Å². The molecule has 2 heteroatoms. The van der Waals surface area contributed by atoms with Gasteiger partial charge in [-0.3, -0.25) is 4.79 Å². The molecule has 0 saturated heterocycles. The number of hydrogen-bond donors (Lipinski definition) is 0. The van der Waals surface area contributed by atoms with E-state index in [2.05, 4.69) is 39.8 Å². The van der Waals surface area contributed by atoms with Crippen LogP contribution in [-0.4, -0.2) is 23.9 Å². The van der Waals surface area contributed by atoms with Crippen molar-refractivity contribution in [3.05, 3.63) is 35.5 Å². The highest BCUT2D eigenvalue weighted by Crippen LogP contribution is 2.07. The maximum absolute atomic E-state index is 12.0. The van der Waals surface area contributed by atoms with Gasteiger partial charge in [0.05, 0.1) is 0 Å². The highest BCUT2D eigenvalue weighted by molar-refractivity contribution is 5.87. The monoisotopic (exact) mass is 277 g/mol. The van der Waals surface area contributed by atoms with Crippen molar-refractivity contribution in [1.82, 2.24) is 4.90 Å². The van der Waals surface area contributed by atoms with Crippen LogP contribution in [0.2, 0.25) is 0 Å². The molecule has 2 nitrogen and oxygen atoms in total. The van der Waals surface area contributed by atoms with Crippen LogP contribution >= 0.6 is 0 Å². The SMILES string of the molecule is CC=CC(=O)N(CC=C(C)CCC=C(C)C)CCCC. The fourth-order valence-corrected chi connectivity index (χ4v) is 1.85. The van der Waals surface area contributed by atoms with Crippen LogP contribution in [0.4, 0.5) is 0 Å². The lowest BCUT2D eigenvalue weighted by Gasteiger charge is -2.19.